The summed E-state index contributed by atoms with van der Waals surface area (Å²) in [5.74, 6) is 2.94. The van der Waals surface area contributed by atoms with Gasteiger partial charge in [0.05, 0.1) is 14.2 Å². The summed E-state index contributed by atoms with van der Waals surface area (Å²) in [5, 5.41) is 0. The number of hydrogen-bond acceptors (Lipinski definition) is 3. The molecule has 0 aromatic heterocycles. The van der Waals surface area contributed by atoms with Gasteiger partial charge < -0.3 is 14.2 Å². The number of ether oxygens (including phenoxy) is 3. The van der Waals surface area contributed by atoms with Gasteiger partial charge in [-0.15, -0.1) is 0 Å². The van der Waals surface area contributed by atoms with Crippen LogP contribution in [0.25, 0.3) is 12.2 Å². The molecule has 0 amide bonds. The van der Waals surface area contributed by atoms with Crippen molar-refractivity contribution in [2.75, 3.05) is 14.2 Å². The van der Waals surface area contributed by atoms with Gasteiger partial charge in [-0.05, 0) is 36.4 Å². The molecule has 108 valence electrons. The first-order valence-corrected chi connectivity index (χ1v) is 6.50. The predicted octanol–water partition coefficient (Wildman–Crippen LogP) is 4.78. The lowest BCUT2D eigenvalue weighted by Crippen LogP contribution is -1.92. The van der Waals surface area contributed by atoms with E-state index in [9.17, 15) is 0 Å². The minimum atomic E-state index is 0.707. The lowest BCUT2D eigenvalue weighted by Gasteiger charge is -2.13. The zero-order valence-corrected chi connectivity index (χ0v) is 12.3. The number of methoxy groups -OCH3 is 2. The largest absolute Gasteiger partial charge is 0.497 e. The molecule has 0 aliphatic carbocycles. The summed E-state index contributed by atoms with van der Waals surface area (Å²) in [6.45, 7) is 7.61. The number of rotatable bonds is 6. The molecule has 0 heterocycles. The van der Waals surface area contributed by atoms with E-state index in [0.29, 0.717) is 11.5 Å². The summed E-state index contributed by atoms with van der Waals surface area (Å²) in [6.07, 6.45) is 3.46. The van der Waals surface area contributed by atoms with Crippen molar-refractivity contribution < 1.29 is 14.2 Å². The van der Waals surface area contributed by atoms with Crippen molar-refractivity contribution in [3.8, 4) is 23.0 Å². The normalized spacial score (nSPS) is 9.81. The van der Waals surface area contributed by atoms with Gasteiger partial charge in [0.25, 0.3) is 0 Å². The maximum absolute atomic E-state index is 5.97. The van der Waals surface area contributed by atoms with Crippen LogP contribution in [0.15, 0.2) is 49.6 Å². The van der Waals surface area contributed by atoms with Crippen LogP contribution in [0.2, 0.25) is 0 Å². The third-order valence-electron chi connectivity index (χ3n) is 3.09. The van der Waals surface area contributed by atoms with Gasteiger partial charge in [0.2, 0.25) is 0 Å². The maximum atomic E-state index is 5.97. The molecule has 0 saturated heterocycles. The Kier molecular flexibility index (Phi) is 4.67. The number of hydrogen-bond donors (Lipinski definition) is 0. The highest BCUT2D eigenvalue weighted by molar-refractivity contribution is 5.62. The molecule has 0 aliphatic rings. The first-order valence-electron chi connectivity index (χ1n) is 6.50. The van der Waals surface area contributed by atoms with Crippen molar-refractivity contribution in [1.82, 2.24) is 0 Å². The summed E-state index contributed by atoms with van der Waals surface area (Å²) in [5.41, 5.74) is 1.72. The van der Waals surface area contributed by atoms with Gasteiger partial charge in [-0.25, -0.2) is 0 Å². The van der Waals surface area contributed by atoms with Crippen LogP contribution < -0.4 is 14.2 Å². The summed E-state index contributed by atoms with van der Waals surface area (Å²) < 4.78 is 16.4. The van der Waals surface area contributed by atoms with Gasteiger partial charge in [0.15, 0.2) is 0 Å². The zero-order chi connectivity index (χ0) is 15.2. The van der Waals surface area contributed by atoms with Crippen molar-refractivity contribution in [2.45, 2.75) is 0 Å². The second-order valence-electron chi connectivity index (χ2n) is 4.32. The Morgan fingerprint density at radius 1 is 0.762 bits per heavy atom. The SMILES string of the molecule is C=Cc1cc(OC)ccc1Oc1ccc(OC)cc1C=C. The van der Waals surface area contributed by atoms with E-state index in [0.717, 1.165) is 22.6 Å². The third-order valence-corrected chi connectivity index (χ3v) is 3.09. The number of benzene rings is 2. The minimum Gasteiger partial charge on any atom is -0.497 e. The highest BCUT2D eigenvalue weighted by Crippen LogP contribution is 2.33. The molecule has 0 fully saturated rings. The van der Waals surface area contributed by atoms with E-state index in [-0.39, 0.29) is 0 Å². The lowest BCUT2D eigenvalue weighted by atomic mass is 10.1. The monoisotopic (exact) mass is 282 g/mol. The van der Waals surface area contributed by atoms with Crippen molar-refractivity contribution in [3.63, 3.8) is 0 Å². The highest BCUT2D eigenvalue weighted by atomic mass is 16.5. The molecule has 0 atom stereocenters. The van der Waals surface area contributed by atoms with Crippen LogP contribution in [0.4, 0.5) is 0 Å². The van der Waals surface area contributed by atoms with E-state index >= 15 is 0 Å². The van der Waals surface area contributed by atoms with E-state index in [1.165, 1.54) is 0 Å². The summed E-state index contributed by atoms with van der Waals surface area (Å²) in [6, 6.07) is 11.2. The van der Waals surface area contributed by atoms with Gasteiger partial charge in [-0.3, -0.25) is 0 Å². The molecule has 0 bridgehead atoms. The Hall–Kier alpha value is -2.68. The van der Waals surface area contributed by atoms with Gasteiger partial charge in [0, 0.05) is 11.1 Å². The third kappa shape index (κ3) is 3.26. The van der Waals surface area contributed by atoms with Gasteiger partial charge in [-0.2, -0.15) is 0 Å². The smallest absolute Gasteiger partial charge is 0.134 e. The van der Waals surface area contributed by atoms with Crippen molar-refractivity contribution in [1.29, 1.82) is 0 Å². The molecule has 2 rings (SSSR count). The van der Waals surface area contributed by atoms with Crippen LogP contribution in [0.3, 0.4) is 0 Å². The molecular formula is C18H18O3. The van der Waals surface area contributed by atoms with Crippen LogP contribution in [-0.4, -0.2) is 14.2 Å². The summed E-state index contributed by atoms with van der Waals surface area (Å²) >= 11 is 0. The van der Waals surface area contributed by atoms with E-state index in [1.807, 2.05) is 36.4 Å². The summed E-state index contributed by atoms with van der Waals surface area (Å²) in [7, 11) is 3.25. The fourth-order valence-electron chi connectivity index (χ4n) is 1.93. The Labute approximate surface area is 125 Å². The fourth-order valence-corrected chi connectivity index (χ4v) is 1.93. The molecular weight excluding hydrogens is 264 g/mol. The predicted molar refractivity (Wildman–Crippen MR) is 86.2 cm³/mol. The first-order chi connectivity index (χ1) is 10.2. The fraction of sp³-hybridized carbons (Fsp3) is 0.111. The molecule has 0 spiro atoms. The zero-order valence-electron chi connectivity index (χ0n) is 12.3. The maximum Gasteiger partial charge on any atom is 0.134 e. The standard InChI is InChI=1S/C18H18O3/c1-5-13-11-15(19-3)7-9-17(13)21-18-10-8-16(20-4)12-14(18)6-2/h5-12H,1-2H2,3-4H3. The van der Waals surface area contributed by atoms with Crippen molar-refractivity contribution in [3.05, 3.63) is 60.7 Å². The molecule has 2 aromatic carbocycles. The van der Waals surface area contributed by atoms with Crippen LogP contribution >= 0.6 is 0 Å². The van der Waals surface area contributed by atoms with Crippen LogP contribution in [-0.2, 0) is 0 Å². The lowest BCUT2D eigenvalue weighted by molar-refractivity contribution is 0.410. The molecule has 3 nitrogen and oxygen atoms in total. The summed E-state index contributed by atoms with van der Waals surface area (Å²) in [4.78, 5) is 0. The molecule has 21 heavy (non-hydrogen) atoms. The second-order valence-corrected chi connectivity index (χ2v) is 4.32. The van der Waals surface area contributed by atoms with Gasteiger partial charge in [0.1, 0.15) is 23.0 Å². The molecule has 0 unspecified atom stereocenters. The highest BCUT2D eigenvalue weighted by Gasteiger charge is 2.08. The average molecular weight is 282 g/mol. The molecule has 0 aliphatic heterocycles. The Balaban J connectivity index is 2.38. The topological polar surface area (TPSA) is 27.7 Å². The van der Waals surface area contributed by atoms with Crippen LogP contribution in [0, 0.1) is 0 Å². The average Bonchev–Trinajstić information content (AvgIpc) is 2.55. The van der Waals surface area contributed by atoms with E-state index in [2.05, 4.69) is 13.2 Å². The van der Waals surface area contributed by atoms with E-state index in [4.69, 9.17) is 14.2 Å². The van der Waals surface area contributed by atoms with Crippen LogP contribution in [0.5, 0.6) is 23.0 Å². The quantitative estimate of drug-likeness (QED) is 0.763. The molecule has 3 heteroatoms. The van der Waals surface area contributed by atoms with Crippen molar-refractivity contribution in [2.24, 2.45) is 0 Å². The van der Waals surface area contributed by atoms with Gasteiger partial charge >= 0.3 is 0 Å². The van der Waals surface area contributed by atoms with E-state index in [1.54, 1.807) is 26.4 Å². The molecule has 2 aromatic rings. The Morgan fingerprint density at radius 3 is 1.52 bits per heavy atom. The van der Waals surface area contributed by atoms with E-state index < -0.39 is 0 Å². The second kappa shape index (κ2) is 6.66. The molecule has 0 saturated carbocycles. The van der Waals surface area contributed by atoms with Gasteiger partial charge in [-0.1, -0.05) is 25.3 Å². The first kappa shape index (κ1) is 14.7. The molecule has 0 N–H and O–H groups in total. The Bertz CT molecular complexity index is 602. The minimum absolute atomic E-state index is 0.707. The molecule has 0 radical (unpaired) electrons. The van der Waals surface area contributed by atoms with Crippen LogP contribution in [0.1, 0.15) is 11.1 Å². The van der Waals surface area contributed by atoms with Crippen molar-refractivity contribution >= 4 is 12.2 Å². The Morgan fingerprint density at radius 2 is 1.19 bits per heavy atom.